The molecule has 0 aromatic heterocycles. The van der Waals surface area contributed by atoms with Crippen LogP contribution in [-0.2, 0) is 0 Å². The summed E-state index contributed by atoms with van der Waals surface area (Å²) in [6, 6.07) is 0. The molecule has 0 amide bonds. The Morgan fingerprint density at radius 1 is 1.33 bits per heavy atom. The van der Waals surface area contributed by atoms with Gasteiger partial charge >= 0.3 is 0 Å². The van der Waals surface area contributed by atoms with E-state index in [4.69, 9.17) is 0 Å². The third kappa shape index (κ3) is 4.16. The minimum Gasteiger partial charge on any atom is -0.276 e. The van der Waals surface area contributed by atoms with E-state index in [1.54, 1.807) is 0 Å². The number of nitrogens with zero attached hydrogens (tertiary/aromatic N) is 2. The summed E-state index contributed by atoms with van der Waals surface area (Å²) in [6.07, 6.45) is 3.91. The van der Waals surface area contributed by atoms with Gasteiger partial charge in [0.05, 0.1) is 0 Å². The third-order valence-corrected chi connectivity index (χ3v) is 1.76. The lowest BCUT2D eigenvalue weighted by Gasteiger charge is -2.19. The smallest absolute Gasteiger partial charge is 0.0407 e. The fourth-order valence-corrected chi connectivity index (χ4v) is 0.636. The molecule has 0 aromatic rings. The topological polar surface area (TPSA) is 15.6 Å². The Balaban J connectivity index is 4.36. The van der Waals surface area contributed by atoms with Gasteiger partial charge in [-0.05, 0) is 13.8 Å². The monoisotopic (exact) mass is 168 g/mol. The minimum atomic E-state index is 0.163. The van der Waals surface area contributed by atoms with Crippen LogP contribution in [0.5, 0.6) is 0 Å². The lowest BCUT2D eigenvalue weighted by Crippen LogP contribution is -2.19. The van der Waals surface area contributed by atoms with Crippen LogP contribution in [0.2, 0.25) is 0 Å². The van der Waals surface area contributed by atoms with Gasteiger partial charge in [0.15, 0.2) is 0 Å². The first-order chi connectivity index (χ1) is 5.38. The van der Waals surface area contributed by atoms with Crippen molar-refractivity contribution in [1.29, 1.82) is 0 Å². The molecular formula is C10H20N2. The van der Waals surface area contributed by atoms with Crippen LogP contribution in [0.25, 0.3) is 0 Å². The highest BCUT2D eigenvalue weighted by Crippen LogP contribution is 2.15. The molecule has 0 saturated heterocycles. The number of hydrazone groups is 1. The molecule has 0 radical (unpaired) electrons. The van der Waals surface area contributed by atoms with Gasteiger partial charge in [0.25, 0.3) is 0 Å². The Morgan fingerprint density at radius 2 is 1.83 bits per heavy atom. The maximum absolute atomic E-state index is 4.40. The average molecular weight is 168 g/mol. The summed E-state index contributed by atoms with van der Waals surface area (Å²) in [5, 5.41) is 6.24. The zero-order valence-corrected chi connectivity index (χ0v) is 9.05. The summed E-state index contributed by atoms with van der Waals surface area (Å²) >= 11 is 0. The van der Waals surface area contributed by atoms with Crippen LogP contribution in [-0.4, -0.2) is 17.8 Å². The van der Waals surface area contributed by atoms with Crippen LogP contribution < -0.4 is 0 Å². The second-order valence-electron chi connectivity index (χ2n) is 3.99. The molecule has 0 aliphatic heterocycles. The van der Waals surface area contributed by atoms with Crippen molar-refractivity contribution in [1.82, 2.24) is 5.01 Å². The lowest BCUT2D eigenvalue weighted by atomic mass is 9.91. The minimum absolute atomic E-state index is 0.163. The molecule has 0 N–H and O–H groups in total. The van der Waals surface area contributed by atoms with Crippen molar-refractivity contribution in [2.45, 2.75) is 34.6 Å². The summed E-state index contributed by atoms with van der Waals surface area (Å²) in [7, 11) is 1.94. The summed E-state index contributed by atoms with van der Waals surface area (Å²) in [5.74, 6) is 0. The van der Waals surface area contributed by atoms with Gasteiger partial charge in [0, 0.05) is 24.4 Å². The molecule has 2 nitrogen and oxygen atoms in total. The molecule has 70 valence electrons. The largest absolute Gasteiger partial charge is 0.276 e. The van der Waals surface area contributed by atoms with Crippen LogP contribution >= 0.6 is 0 Å². The molecule has 0 spiro atoms. The lowest BCUT2D eigenvalue weighted by molar-refractivity contribution is 0.468. The van der Waals surface area contributed by atoms with Crippen LogP contribution in [0.3, 0.4) is 0 Å². The number of rotatable bonds is 2. The second kappa shape index (κ2) is 4.29. The van der Waals surface area contributed by atoms with Crippen molar-refractivity contribution in [2.75, 3.05) is 7.05 Å². The van der Waals surface area contributed by atoms with Gasteiger partial charge in [-0.1, -0.05) is 26.8 Å². The number of hydrogen-bond acceptors (Lipinski definition) is 2. The second-order valence-corrected chi connectivity index (χ2v) is 3.99. The van der Waals surface area contributed by atoms with Crippen molar-refractivity contribution in [3.8, 4) is 0 Å². The highest BCUT2D eigenvalue weighted by molar-refractivity contribution is 5.86. The first kappa shape index (κ1) is 11.2. The van der Waals surface area contributed by atoms with Gasteiger partial charge in [0.1, 0.15) is 0 Å². The molecule has 0 atom stereocenters. The molecule has 0 unspecified atom stereocenters. The summed E-state index contributed by atoms with van der Waals surface area (Å²) in [5.41, 5.74) is 1.30. The van der Waals surface area contributed by atoms with Crippen LogP contribution in [0.15, 0.2) is 17.4 Å². The zero-order valence-electron chi connectivity index (χ0n) is 9.05. The van der Waals surface area contributed by atoms with Crippen molar-refractivity contribution < 1.29 is 0 Å². The SMILES string of the molecule is C/C=C/N(C)N=C(C)C(C)(C)C. The maximum Gasteiger partial charge on any atom is 0.0407 e. The van der Waals surface area contributed by atoms with E-state index in [2.05, 4.69) is 32.8 Å². The van der Waals surface area contributed by atoms with Gasteiger partial charge in [-0.25, -0.2) is 0 Å². The molecule has 0 fully saturated rings. The summed E-state index contributed by atoms with van der Waals surface area (Å²) < 4.78 is 0. The fourth-order valence-electron chi connectivity index (χ4n) is 0.636. The van der Waals surface area contributed by atoms with Crippen LogP contribution in [0.1, 0.15) is 34.6 Å². The van der Waals surface area contributed by atoms with Gasteiger partial charge < -0.3 is 0 Å². The maximum atomic E-state index is 4.40. The Bertz CT molecular complexity index is 185. The van der Waals surface area contributed by atoms with Gasteiger partial charge in [0.2, 0.25) is 0 Å². The van der Waals surface area contributed by atoms with Crippen molar-refractivity contribution in [2.24, 2.45) is 10.5 Å². The molecule has 0 heterocycles. The van der Waals surface area contributed by atoms with E-state index in [0.29, 0.717) is 0 Å². The number of hydrogen-bond donors (Lipinski definition) is 0. The molecule has 0 bridgehead atoms. The zero-order chi connectivity index (χ0) is 9.78. The molecule has 0 saturated carbocycles. The van der Waals surface area contributed by atoms with Gasteiger partial charge in [-0.3, -0.25) is 5.01 Å². The Morgan fingerprint density at radius 3 is 2.17 bits per heavy atom. The summed E-state index contributed by atoms with van der Waals surface area (Å²) in [4.78, 5) is 0. The van der Waals surface area contributed by atoms with E-state index in [1.165, 1.54) is 0 Å². The normalized spacial score (nSPS) is 14.0. The van der Waals surface area contributed by atoms with Crippen LogP contribution in [0, 0.1) is 5.41 Å². The van der Waals surface area contributed by atoms with E-state index in [9.17, 15) is 0 Å². The molecule has 0 aromatic carbocycles. The molecular weight excluding hydrogens is 148 g/mol. The van der Waals surface area contributed by atoms with Gasteiger partial charge in [-0.15, -0.1) is 0 Å². The highest BCUT2D eigenvalue weighted by Gasteiger charge is 2.14. The predicted octanol–water partition coefficient (Wildman–Crippen LogP) is 2.87. The first-order valence-corrected chi connectivity index (χ1v) is 4.29. The van der Waals surface area contributed by atoms with Crippen molar-refractivity contribution in [3.05, 3.63) is 12.3 Å². The van der Waals surface area contributed by atoms with Crippen LogP contribution in [0.4, 0.5) is 0 Å². The van der Waals surface area contributed by atoms with E-state index < -0.39 is 0 Å². The number of allylic oxidation sites excluding steroid dienone is 1. The Labute approximate surface area is 76.0 Å². The molecule has 0 aliphatic rings. The molecule has 0 aliphatic carbocycles. The van der Waals surface area contributed by atoms with E-state index in [1.807, 2.05) is 31.3 Å². The quantitative estimate of drug-likeness (QED) is 0.457. The van der Waals surface area contributed by atoms with E-state index in [-0.39, 0.29) is 5.41 Å². The highest BCUT2D eigenvalue weighted by atomic mass is 15.4. The van der Waals surface area contributed by atoms with Crippen molar-refractivity contribution >= 4 is 5.71 Å². The van der Waals surface area contributed by atoms with E-state index in [0.717, 1.165) is 5.71 Å². The molecule has 0 rings (SSSR count). The standard InChI is InChI=1S/C10H20N2/c1-7-8-12(6)11-9(2)10(3,4)5/h7-8H,1-6H3/b8-7+,11-9?. The summed E-state index contributed by atoms with van der Waals surface area (Å²) in [6.45, 7) is 10.5. The van der Waals surface area contributed by atoms with E-state index >= 15 is 0 Å². The Kier molecular flexibility index (Phi) is 4.01. The fraction of sp³-hybridized carbons (Fsp3) is 0.700. The third-order valence-electron chi connectivity index (χ3n) is 1.76. The first-order valence-electron chi connectivity index (χ1n) is 4.29. The van der Waals surface area contributed by atoms with Gasteiger partial charge in [-0.2, -0.15) is 5.10 Å². The molecule has 12 heavy (non-hydrogen) atoms. The Hall–Kier alpha value is -0.790. The predicted molar refractivity (Wildman–Crippen MR) is 55.1 cm³/mol. The average Bonchev–Trinajstić information content (AvgIpc) is 1.85. The molecule has 2 heteroatoms. The van der Waals surface area contributed by atoms with Crippen molar-refractivity contribution in [3.63, 3.8) is 0 Å².